The summed E-state index contributed by atoms with van der Waals surface area (Å²) in [7, 11) is 0. The van der Waals surface area contributed by atoms with Crippen molar-refractivity contribution in [1.29, 1.82) is 0 Å². The molecule has 0 heterocycles. The number of aliphatic hydroxyl groups excluding tert-OH is 1. The summed E-state index contributed by atoms with van der Waals surface area (Å²) in [5.74, 6) is 0. The van der Waals surface area contributed by atoms with Crippen molar-refractivity contribution in [3.8, 4) is 0 Å². The molecular formula is C12H15BrO. The second kappa shape index (κ2) is 3.67. The van der Waals surface area contributed by atoms with Crippen molar-refractivity contribution in [1.82, 2.24) is 0 Å². The largest absolute Gasteiger partial charge is 0.388 e. The van der Waals surface area contributed by atoms with Gasteiger partial charge in [-0.05, 0) is 37.0 Å². The number of aliphatic hydroxyl groups is 1. The summed E-state index contributed by atoms with van der Waals surface area (Å²) in [5, 5.41) is 10.2. The molecular weight excluding hydrogens is 240 g/mol. The third kappa shape index (κ3) is 1.73. The van der Waals surface area contributed by atoms with Gasteiger partial charge in [-0.3, -0.25) is 0 Å². The molecule has 76 valence electrons. The van der Waals surface area contributed by atoms with E-state index in [2.05, 4.69) is 22.9 Å². The minimum Gasteiger partial charge on any atom is -0.388 e. The standard InChI is InChI=1S/C12H15BrO/c1-2-12(7-8-12)11(14)9-3-5-10(13)6-4-9/h3-6,11,14H,2,7-8H2,1H3. The Bertz CT molecular complexity index is 314. The summed E-state index contributed by atoms with van der Waals surface area (Å²) in [6.45, 7) is 2.16. The molecule has 1 aromatic rings. The van der Waals surface area contributed by atoms with E-state index >= 15 is 0 Å². The van der Waals surface area contributed by atoms with Gasteiger partial charge >= 0.3 is 0 Å². The fourth-order valence-electron chi connectivity index (χ4n) is 1.98. The number of hydrogen-bond acceptors (Lipinski definition) is 1. The molecule has 0 bridgehead atoms. The van der Waals surface area contributed by atoms with Crippen molar-refractivity contribution >= 4 is 15.9 Å². The van der Waals surface area contributed by atoms with Crippen LogP contribution in [0, 0.1) is 5.41 Å². The Morgan fingerprint density at radius 3 is 2.36 bits per heavy atom. The van der Waals surface area contributed by atoms with Gasteiger partial charge < -0.3 is 5.11 Å². The van der Waals surface area contributed by atoms with Gasteiger partial charge in [-0.1, -0.05) is 35.0 Å². The highest BCUT2D eigenvalue weighted by molar-refractivity contribution is 9.10. The van der Waals surface area contributed by atoms with Crippen LogP contribution in [0.1, 0.15) is 37.9 Å². The highest BCUT2D eigenvalue weighted by Gasteiger charge is 2.47. The smallest absolute Gasteiger partial charge is 0.0846 e. The summed E-state index contributed by atoms with van der Waals surface area (Å²) in [6.07, 6.45) is 3.13. The predicted octanol–water partition coefficient (Wildman–Crippen LogP) is 3.67. The molecule has 0 saturated heterocycles. The van der Waals surface area contributed by atoms with Gasteiger partial charge in [0, 0.05) is 9.89 Å². The van der Waals surface area contributed by atoms with E-state index in [4.69, 9.17) is 0 Å². The summed E-state index contributed by atoms with van der Waals surface area (Å²) in [5.41, 5.74) is 1.24. The molecule has 1 aliphatic rings. The average molecular weight is 255 g/mol. The number of benzene rings is 1. The van der Waals surface area contributed by atoms with Crippen molar-refractivity contribution in [3.63, 3.8) is 0 Å². The van der Waals surface area contributed by atoms with Crippen molar-refractivity contribution in [2.75, 3.05) is 0 Å². The van der Waals surface area contributed by atoms with Crippen molar-refractivity contribution in [2.24, 2.45) is 5.41 Å². The zero-order valence-electron chi connectivity index (χ0n) is 8.33. The summed E-state index contributed by atoms with van der Waals surface area (Å²) < 4.78 is 1.06. The maximum atomic E-state index is 10.2. The SMILES string of the molecule is CCC1(C(O)c2ccc(Br)cc2)CC1. The Morgan fingerprint density at radius 2 is 1.93 bits per heavy atom. The molecule has 1 fully saturated rings. The molecule has 0 radical (unpaired) electrons. The van der Waals surface area contributed by atoms with Crippen LogP contribution in [0.5, 0.6) is 0 Å². The highest BCUT2D eigenvalue weighted by Crippen LogP contribution is 2.57. The molecule has 1 nitrogen and oxygen atoms in total. The van der Waals surface area contributed by atoms with Gasteiger partial charge in [0.05, 0.1) is 6.10 Å². The first kappa shape index (κ1) is 10.2. The van der Waals surface area contributed by atoms with Crippen LogP contribution >= 0.6 is 15.9 Å². The van der Waals surface area contributed by atoms with E-state index in [-0.39, 0.29) is 11.5 Å². The summed E-state index contributed by atoms with van der Waals surface area (Å²) in [4.78, 5) is 0. The molecule has 1 aliphatic carbocycles. The van der Waals surface area contributed by atoms with Crippen molar-refractivity contribution < 1.29 is 5.11 Å². The maximum absolute atomic E-state index is 10.2. The van der Waals surface area contributed by atoms with Gasteiger partial charge in [0.15, 0.2) is 0 Å². The van der Waals surface area contributed by atoms with E-state index in [0.717, 1.165) is 16.5 Å². The van der Waals surface area contributed by atoms with Crippen LogP contribution in [0.3, 0.4) is 0 Å². The Balaban J connectivity index is 2.19. The first-order valence-electron chi connectivity index (χ1n) is 5.11. The molecule has 0 aliphatic heterocycles. The first-order chi connectivity index (χ1) is 6.68. The molecule has 2 heteroatoms. The zero-order chi connectivity index (χ0) is 10.2. The fourth-order valence-corrected chi connectivity index (χ4v) is 2.24. The van der Waals surface area contributed by atoms with Crippen LogP contribution in [-0.2, 0) is 0 Å². The van der Waals surface area contributed by atoms with E-state index in [9.17, 15) is 5.11 Å². The summed E-state index contributed by atoms with van der Waals surface area (Å²) >= 11 is 3.40. The van der Waals surface area contributed by atoms with E-state index in [1.54, 1.807) is 0 Å². The molecule has 1 aromatic carbocycles. The molecule has 1 saturated carbocycles. The molecule has 0 spiro atoms. The molecule has 0 aromatic heterocycles. The Hall–Kier alpha value is -0.340. The zero-order valence-corrected chi connectivity index (χ0v) is 9.92. The monoisotopic (exact) mass is 254 g/mol. The Morgan fingerprint density at radius 1 is 1.36 bits per heavy atom. The third-order valence-electron chi connectivity index (χ3n) is 3.36. The van der Waals surface area contributed by atoms with Gasteiger partial charge in [-0.15, -0.1) is 0 Å². The van der Waals surface area contributed by atoms with E-state index in [0.29, 0.717) is 0 Å². The molecule has 14 heavy (non-hydrogen) atoms. The molecule has 1 unspecified atom stereocenters. The van der Waals surface area contributed by atoms with Crippen LogP contribution in [-0.4, -0.2) is 5.11 Å². The predicted molar refractivity (Wildman–Crippen MR) is 61.1 cm³/mol. The van der Waals surface area contributed by atoms with Crippen LogP contribution < -0.4 is 0 Å². The van der Waals surface area contributed by atoms with E-state index in [1.165, 1.54) is 12.8 Å². The molecule has 0 amide bonds. The highest BCUT2D eigenvalue weighted by atomic mass is 79.9. The van der Waals surface area contributed by atoms with Crippen molar-refractivity contribution in [2.45, 2.75) is 32.3 Å². The van der Waals surface area contributed by atoms with Gasteiger partial charge in [0.1, 0.15) is 0 Å². The van der Waals surface area contributed by atoms with E-state index in [1.807, 2.05) is 24.3 Å². The number of rotatable bonds is 3. The van der Waals surface area contributed by atoms with Crippen LogP contribution in [0.25, 0.3) is 0 Å². The fraction of sp³-hybridized carbons (Fsp3) is 0.500. The second-order valence-corrected chi connectivity index (χ2v) is 5.09. The van der Waals surface area contributed by atoms with Gasteiger partial charge in [0.2, 0.25) is 0 Å². The van der Waals surface area contributed by atoms with Crippen molar-refractivity contribution in [3.05, 3.63) is 34.3 Å². The molecule has 1 N–H and O–H groups in total. The van der Waals surface area contributed by atoms with Gasteiger partial charge in [0.25, 0.3) is 0 Å². The Labute approximate surface area is 93.3 Å². The average Bonchev–Trinajstić information content (AvgIpc) is 2.99. The normalized spacial score (nSPS) is 20.5. The minimum atomic E-state index is -0.277. The van der Waals surface area contributed by atoms with Gasteiger partial charge in [-0.2, -0.15) is 0 Å². The second-order valence-electron chi connectivity index (χ2n) is 4.17. The number of hydrogen-bond donors (Lipinski definition) is 1. The quantitative estimate of drug-likeness (QED) is 0.873. The Kier molecular flexibility index (Phi) is 2.67. The molecule has 2 rings (SSSR count). The van der Waals surface area contributed by atoms with Crippen LogP contribution in [0.4, 0.5) is 0 Å². The van der Waals surface area contributed by atoms with E-state index < -0.39 is 0 Å². The molecule has 1 atom stereocenters. The van der Waals surface area contributed by atoms with Gasteiger partial charge in [-0.25, -0.2) is 0 Å². The topological polar surface area (TPSA) is 20.2 Å². The first-order valence-corrected chi connectivity index (χ1v) is 5.91. The van der Waals surface area contributed by atoms with Crippen LogP contribution in [0.15, 0.2) is 28.7 Å². The maximum Gasteiger partial charge on any atom is 0.0846 e. The lowest BCUT2D eigenvalue weighted by Gasteiger charge is -2.20. The third-order valence-corrected chi connectivity index (χ3v) is 3.89. The number of halogens is 1. The lowest BCUT2D eigenvalue weighted by atomic mass is 9.90. The lowest BCUT2D eigenvalue weighted by Crippen LogP contribution is -2.12. The van der Waals surface area contributed by atoms with Crippen LogP contribution in [0.2, 0.25) is 0 Å². The minimum absolute atomic E-state index is 0.188. The lowest BCUT2D eigenvalue weighted by molar-refractivity contribution is 0.0902. The summed E-state index contributed by atoms with van der Waals surface area (Å²) in [6, 6.07) is 7.99.